The molecule has 7 nitrogen and oxygen atoms in total. The second kappa shape index (κ2) is 11.4. The summed E-state index contributed by atoms with van der Waals surface area (Å²) in [6.07, 6.45) is 6.50. The van der Waals surface area contributed by atoms with Gasteiger partial charge in [0.2, 0.25) is 0 Å². The highest BCUT2D eigenvalue weighted by atomic mass is 16.6. The fourth-order valence-electron chi connectivity index (χ4n) is 4.34. The molecule has 1 unspecified atom stereocenters. The molecule has 0 aliphatic carbocycles. The standard InChI is InChI=1S/C20H39N5O2/c1-4-16(5-2)18(24-11-7-8-12-24)15-22-19(21)23-17-9-13-25(14-10-17)20(26)27-6-3/h16-18H,4-15H2,1-3H3,(H3,21,22,23). The van der Waals surface area contributed by atoms with Crippen molar-refractivity contribution < 1.29 is 9.53 Å². The molecule has 2 fully saturated rings. The number of piperidine rings is 1. The summed E-state index contributed by atoms with van der Waals surface area (Å²) in [5.41, 5.74) is 6.19. The maximum absolute atomic E-state index is 11.8. The van der Waals surface area contributed by atoms with Crippen LogP contribution in [0.4, 0.5) is 4.79 Å². The minimum atomic E-state index is -0.212. The van der Waals surface area contributed by atoms with Crippen LogP contribution in [0.5, 0.6) is 0 Å². The minimum Gasteiger partial charge on any atom is -0.450 e. The Hall–Kier alpha value is -1.50. The summed E-state index contributed by atoms with van der Waals surface area (Å²) in [5, 5.41) is 3.36. The highest BCUT2D eigenvalue weighted by Gasteiger charge is 2.28. The van der Waals surface area contributed by atoms with Gasteiger partial charge in [0, 0.05) is 25.2 Å². The van der Waals surface area contributed by atoms with E-state index in [9.17, 15) is 4.79 Å². The molecular formula is C20H39N5O2. The molecule has 0 radical (unpaired) electrons. The molecule has 156 valence electrons. The van der Waals surface area contributed by atoms with Crippen molar-refractivity contribution in [2.75, 3.05) is 39.3 Å². The van der Waals surface area contributed by atoms with Gasteiger partial charge in [-0.1, -0.05) is 26.7 Å². The molecule has 1 amide bonds. The number of ether oxygens (including phenoxy) is 1. The number of likely N-dealkylation sites (tertiary alicyclic amines) is 2. The van der Waals surface area contributed by atoms with E-state index in [2.05, 4.69) is 24.1 Å². The first-order valence-corrected chi connectivity index (χ1v) is 10.8. The zero-order chi connectivity index (χ0) is 19.6. The highest BCUT2D eigenvalue weighted by molar-refractivity contribution is 5.78. The van der Waals surface area contributed by atoms with Gasteiger partial charge in [-0.25, -0.2) is 4.79 Å². The maximum Gasteiger partial charge on any atom is 0.409 e. The Morgan fingerprint density at radius 3 is 2.33 bits per heavy atom. The Morgan fingerprint density at radius 2 is 1.78 bits per heavy atom. The fourth-order valence-corrected chi connectivity index (χ4v) is 4.34. The molecule has 2 rings (SSSR count). The lowest BCUT2D eigenvalue weighted by molar-refractivity contribution is 0.0963. The Balaban J connectivity index is 1.82. The number of aliphatic imine (C=N–C) groups is 1. The molecular weight excluding hydrogens is 342 g/mol. The number of hydrogen-bond acceptors (Lipinski definition) is 4. The fraction of sp³-hybridized carbons (Fsp3) is 0.900. The quantitative estimate of drug-likeness (QED) is 0.498. The lowest BCUT2D eigenvalue weighted by atomic mass is 9.93. The summed E-state index contributed by atoms with van der Waals surface area (Å²) < 4.78 is 5.07. The highest BCUT2D eigenvalue weighted by Crippen LogP contribution is 2.23. The third-order valence-corrected chi connectivity index (χ3v) is 6.02. The Bertz CT molecular complexity index is 465. The number of carbonyl (C=O) groups excluding carboxylic acids is 1. The van der Waals surface area contributed by atoms with E-state index in [1.165, 1.54) is 38.8 Å². The van der Waals surface area contributed by atoms with Crippen LogP contribution < -0.4 is 11.1 Å². The van der Waals surface area contributed by atoms with E-state index in [1.807, 2.05) is 6.92 Å². The molecule has 0 spiro atoms. The number of guanidine groups is 1. The minimum absolute atomic E-state index is 0.212. The summed E-state index contributed by atoms with van der Waals surface area (Å²) in [4.78, 5) is 20.9. The van der Waals surface area contributed by atoms with Gasteiger partial charge in [0.25, 0.3) is 0 Å². The van der Waals surface area contributed by atoms with Gasteiger partial charge in [-0.05, 0) is 51.6 Å². The van der Waals surface area contributed by atoms with Crippen LogP contribution in [-0.2, 0) is 4.74 Å². The number of hydrogen-bond donors (Lipinski definition) is 2. The Labute approximate surface area is 164 Å². The van der Waals surface area contributed by atoms with E-state index < -0.39 is 0 Å². The van der Waals surface area contributed by atoms with Crippen LogP contribution in [0.1, 0.15) is 59.3 Å². The van der Waals surface area contributed by atoms with Gasteiger partial charge in [0.15, 0.2) is 5.96 Å². The SMILES string of the molecule is CCOC(=O)N1CCC(NC(N)=NCC(C(CC)CC)N2CCCC2)CC1. The van der Waals surface area contributed by atoms with E-state index in [0.717, 1.165) is 19.4 Å². The zero-order valence-corrected chi connectivity index (χ0v) is 17.5. The first-order valence-electron chi connectivity index (χ1n) is 10.8. The summed E-state index contributed by atoms with van der Waals surface area (Å²) in [5.74, 6) is 1.22. The number of nitrogens with two attached hydrogens (primary N) is 1. The van der Waals surface area contributed by atoms with Crippen LogP contribution in [-0.4, -0.2) is 73.3 Å². The average Bonchev–Trinajstić information content (AvgIpc) is 3.20. The number of carbonyl (C=O) groups is 1. The number of rotatable bonds is 8. The summed E-state index contributed by atoms with van der Waals surface area (Å²) in [6.45, 7) is 11.4. The van der Waals surface area contributed by atoms with Gasteiger partial charge in [0.1, 0.15) is 0 Å². The topological polar surface area (TPSA) is 83.2 Å². The molecule has 0 aromatic carbocycles. The second-order valence-corrected chi connectivity index (χ2v) is 7.72. The normalized spacial score (nSPS) is 20.9. The third kappa shape index (κ3) is 6.55. The van der Waals surface area contributed by atoms with E-state index in [4.69, 9.17) is 15.5 Å². The van der Waals surface area contributed by atoms with Gasteiger partial charge >= 0.3 is 6.09 Å². The molecule has 3 N–H and O–H groups in total. The van der Waals surface area contributed by atoms with Gasteiger partial charge in [-0.15, -0.1) is 0 Å². The predicted molar refractivity (Wildman–Crippen MR) is 110 cm³/mol. The van der Waals surface area contributed by atoms with Crippen LogP contribution in [0.25, 0.3) is 0 Å². The van der Waals surface area contributed by atoms with Crippen LogP contribution >= 0.6 is 0 Å². The van der Waals surface area contributed by atoms with Gasteiger partial charge in [-0.3, -0.25) is 9.89 Å². The second-order valence-electron chi connectivity index (χ2n) is 7.72. The smallest absolute Gasteiger partial charge is 0.409 e. The molecule has 2 aliphatic heterocycles. The Morgan fingerprint density at radius 1 is 1.15 bits per heavy atom. The first-order chi connectivity index (χ1) is 13.1. The van der Waals surface area contributed by atoms with Crippen molar-refractivity contribution in [3.05, 3.63) is 0 Å². The molecule has 1 atom stereocenters. The van der Waals surface area contributed by atoms with Crippen molar-refractivity contribution in [2.45, 2.75) is 71.4 Å². The number of nitrogens with zero attached hydrogens (tertiary/aromatic N) is 3. The van der Waals surface area contributed by atoms with Crippen LogP contribution in [0.2, 0.25) is 0 Å². The van der Waals surface area contributed by atoms with Crippen molar-refractivity contribution in [2.24, 2.45) is 16.6 Å². The van der Waals surface area contributed by atoms with E-state index >= 15 is 0 Å². The number of amides is 1. The lowest BCUT2D eigenvalue weighted by Crippen LogP contribution is -2.49. The lowest BCUT2D eigenvalue weighted by Gasteiger charge is -2.33. The molecule has 27 heavy (non-hydrogen) atoms. The molecule has 0 saturated carbocycles. The molecule has 0 aromatic rings. The molecule has 2 heterocycles. The third-order valence-electron chi connectivity index (χ3n) is 6.02. The van der Waals surface area contributed by atoms with E-state index in [0.29, 0.717) is 37.6 Å². The van der Waals surface area contributed by atoms with Crippen molar-refractivity contribution in [3.8, 4) is 0 Å². The van der Waals surface area contributed by atoms with Crippen molar-refractivity contribution in [1.82, 2.24) is 15.1 Å². The summed E-state index contributed by atoms with van der Waals surface area (Å²) in [6, 6.07) is 0.770. The number of nitrogens with one attached hydrogen (secondary N) is 1. The predicted octanol–water partition coefficient (Wildman–Crippen LogP) is 2.41. The largest absolute Gasteiger partial charge is 0.450 e. The van der Waals surface area contributed by atoms with Crippen LogP contribution in [0.3, 0.4) is 0 Å². The zero-order valence-electron chi connectivity index (χ0n) is 17.5. The van der Waals surface area contributed by atoms with Crippen molar-refractivity contribution >= 4 is 12.1 Å². The molecule has 2 aliphatic rings. The molecule has 0 aromatic heterocycles. The van der Waals surface area contributed by atoms with Gasteiger partial charge < -0.3 is 20.7 Å². The molecule has 7 heteroatoms. The molecule has 0 bridgehead atoms. The van der Waals surface area contributed by atoms with E-state index in [-0.39, 0.29) is 12.1 Å². The average molecular weight is 382 g/mol. The van der Waals surface area contributed by atoms with E-state index in [1.54, 1.807) is 4.90 Å². The molecule has 2 saturated heterocycles. The van der Waals surface area contributed by atoms with Gasteiger partial charge in [0.05, 0.1) is 13.2 Å². The maximum atomic E-state index is 11.8. The van der Waals surface area contributed by atoms with Crippen LogP contribution in [0.15, 0.2) is 4.99 Å². The van der Waals surface area contributed by atoms with Crippen molar-refractivity contribution in [1.29, 1.82) is 0 Å². The first kappa shape index (κ1) is 21.8. The van der Waals surface area contributed by atoms with Crippen molar-refractivity contribution in [3.63, 3.8) is 0 Å². The Kier molecular flexibility index (Phi) is 9.18. The monoisotopic (exact) mass is 381 g/mol. The summed E-state index contributed by atoms with van der Waals surface area (Å²) >= 11 is 0. The van der Waals surface area contributed by atoms with Crippen LogP contribution in [0, 0.1) is 5.92 Å². The van der Waals surface area contributed by atoms with Gasteiger partial charge in [-0.2, -0.15) is 0 Å². The summed E-state index contributed by atoms with van der Waals surface area (Å²) in [7, 11) is 0.